The van der Waals surface area contributed by atoms with Crippen LogP contribution < -0.4 is 10.6 Å². The maximum Gasteiger partial charge on any atom is 0.348 e. The molecule has 0 aliphatic carbocycles. The van der Waals surface area contributed by atoms with Gasteiger partial charge in [0.25, 0.3) is 11.8 Å². The fourth-order valence-electron chi connectivity index (χ4n) is 2.54. The second-order valence-electron chi connectivity index (χ2n) is 6.84. The molecule has 0 saturated heterocycles. The number of amides is 2. The largest absolute Gasteiger partial charge is 0.451 e. The van der Waals surface area contributed by atoms with E-state index in [9.17, 15) is 14.4 Å². The van der Waals surface area contributed by atoms with Crippen LogP contribution in [0.2, 0.25) is 0 Å². The molecule has 0 aliphatic rings. The third-order valence-corrected chi connectivity index (χ3v) is 5.36. The maximum atomic E-state index is 12.3. The summed E-state index contributed by atoms with van der Waals surface area (Å²) in [5.41, 5.74) is 1.79. The zero-order valence-corrected chi connectivity index (χ0v) is 17.4. The van der Waals surface area contributed by atoms with E-state index in [1.165, 1.54) is 11.3 Å². The number of para-hydroxylation sites is 1. The normalized spacial score (nSPS) is 10.6. The number of anilines is 1. The van der Waals surface area contributed by atoms with Crippen LogP contribution in [0.25, 0.3) is 0 Å². The molecule has 28 heavy (non-hydrogen) atoms. The summed E-state index contributed by atoms with van der Waals surface area (Å²) in [7, 11) is 0. The van der Waals surface area contributed by atoms with E-state index in [1.807, 2.05) is 27.7 Å². The smallest absolute Gasteiger partial charge is 0.348 e. The van der Waals surface area contributed by atoms with Crippen molar-refractivity contribution in [3.8, 4) is 0 Å². The number of nitrogens with one attached hydrogen (secondary N) is 2. The van der Waals surface area contributed by atoms with Crippen molar-refractivity contribution >= 4 is 34.8 Å². The average Bonchev–Trinajstić information content (AvgIpc) is 3.05. The Bertz CT molecular complexity index is 858. The van der Waals surface area contributed by atoms with Gasteiger partial charge in [-0.3, -0.25) is 9.59 Å². The van der Waals surface area contributed by atoms with Gasteiger partial charge in [-0.25, -0.2) is 4.79 Å². The fourth-order valence-corrected chi connectivity index (χ4v) is 3.55. The van der Waals surface area contributed by atoms with E-state index in [0.29, 0.717) is 28.6 Å². The number of carbonyl (C=O) groups is 3. The van der Waals surface area contributed by atoms with Gasteiger partial charge in [0.1, 0.15) is 4.88 Å². The van der Waals surface area contributed by atoms with Crippen LogP contribution in [0.3, 0.4) is 0 Å². The minimum atomic E-state index is -0.522. The van der Waals surface area contributed by atoms with E-state index in [1.54, 1.807) is 30.3 Å². The van der Waals surface area contributed by atoms with Crippen molar-refractivity contribution in [3.05, 3.63) is 51.2 Å². The van der Waals surface area contributed by atoms with Crippen molar-refractivity contribution in [2.45, 2.75) is 34.1 Å². The Hall–Kier alpha value is -2.67. The highest BCUT2D eigenvalue weighted by Crippen LogP contribution is 2.23. The van der Waals surface area contributed by atoms with Crippen molar-refractivity contribution in [2.75, 3.05) is 18.5 Å². The van der Waals surface area contributed by atoms with Crippen LogP contribution in [0.4, 0.5) is 5.69 Å². The molecule has 2 aromatic rings. The van der Waals surface area contributed by atoms with E-state index < -0.39 is 18.5 Å². The number of hydrogen-bond acceptors (Lipinski definition) is 5. The number of carbonyl (C=O) groups excluding carboxylic acids is 3. The first kappa shape index (κ1) is 21.6. The highest BCUT2D eigenvalue weighted by Gasteiger charge is 2.17. The van der Waals surface area contributed by atoms with Gasteiger partial charge in [-0.2, -0.15) is 0 Å². The molecular weight excluding hydrogens is 376 g/mol. The van der Waals surface area contributed by atoms with Crippen LogP contribution in [0.5, 0.6) is 0 Å². The number of benzene rings is 1. The summed E-state index contributed by atoms with van der Waals surface area (Å²) >= 11 is 1.38. The second kappa shape index (κ2) is 10.0. The molecule has 2 N–H and O–H groups in total. The third-order valence-electron chi connectivity index (χ3n) is 3.99. The number of esters is 1. The Morgan fingerprint density at radius 1 is 1.18 bits per heavy atom. The van der Waals surface area contributed by atoms with Gasteiger partial charge in [-0.15, -0.1) is 11.3 Å². The minimum Gasteiger partial charge on any atom is -0.451 e. The molecule has 6 nitrogen and oxygen atoms in total. The van der Waals surface area contributed by atoms with Gasteiger partial charge in [0, 0.05) is 11.4 Å². The molecule has 7 heteroatoms. The third kappa shape index (κ3) is 5.92. The molecule has 0 aliphatic heterocycles. The quantitative estimate of drug-likeness (QED) is 0.658. The van der Waals surface area contributed by atoms with Crippen molar-refractivity contribution < 1.29 is 19.1 Å². The molecule has 0 radical (unpaired) electrons. The van der Waals surface area contributed by atoms with Crippen LogP contribution in [-0.2, 0) is 16.0 Å². The molecule has 150 valence electrons. The number of hydrogen-bond donors (Lipinski definition) is 2. The molecule has 0 atom stereocenters. The first-order valence-electron chi connectivity index (χ1n) is 9.25. The molecular formula is C21H26N2O4S. The van der Waals surface area contributed by atoms with Crippen LogP contribution in [0, 0.1) is 12.8 Å². The van der Waals surface area contributed by atoms with Crippen molar-refractivity contribution in [3.63, 3.8) is 0 Å². The van der Waals surface area contributed by atoms with Crippen molar-refractivity contribution in [2.24, 2.45) is 5.92 Å². The van der Waals surface area contributed by atoms with Gasteiger partial charge < -0.3 is 15.4 Å². The van der Waals surface area contributed by atoms with E-state index in [0.717, 1.165) is 16.9 Å². The zero-order chi connectivity index (χ0) is 20.7. The van der Waals surface area contributed by atoms with Crippen molar-refractivity contribution in [1.82, 2.24) is 5.32 Å². The summed E-state index contributed by atoms with van der Waals surface area (Å²) in [6, 6.07) is 8.50. The lowest BCUT2D eigenvalue weighted by molar-refractivity contribution is -0.119. The Morgan fingerprint density at radius 2 is 1.89 bits per heavy atom. The molecule has 1 aromatic carbocycles. The lowest BCUT2D eigenvalue weighted by Crippen LogP contribution is -2.29. The Labute approximate surface area is 169 Å². The first-order valence-corrected chi connectivity index (χ1v) is 10.1. The Kier molecular flexibility index (Phi) is 7.75. The summed E-state index contributed by atoms with van der Waals surface area (Å²) < 4.78 is 5.11. The van der Waals surface area contributed by atoms with E-state index in [2.05, 4.69) is 10.6 Å². The highest BCUT2D eigenvalue weighted by atomic mass is 32.1. The van der Waals surface area contributed by atoms with E-state index in [-0.39, 0.29) is 5.91 Å². The number of thiophene rings is 1. The van der Waals surface area contributed by atoms with Crippen molar-refractivity contribution in [1.29, 1.82) is 0 Å². The Morgan fingerprint density at radius 3 is 2.54 bits per heavy atom. The van der Waals surface area contributed by atoms with Gasteiger partial charge in [-0.05, 0) is 43.0 Å². The molecule has 0 bridgehead atoms. The highest BCUT2D eigenvalue weighted by molar-refractivity contribution is 7.14. The summed E-state index contributed by atoms with van der Waals surface area (Å²) in [6.45, 7) is 8.09. The van der Waals surface area contributed by atoms with Gasteiger partial charge in [0.2, 0.25) is 0 Å². The number of ether oxygens (including phenoxy) is 1. The maximum absolute atomic E-state index is 12.3. The van der Waals surface area contributed by atoms with Gasteiger partial charge in [0.15, 0.2) is 6.61 Å². The number of aryl methyl sites for hydroxylation is 2. The lowest BCUT2D eigenvalue weighted by atomic mass is 10.1. The summed E-state index contributed by atoms with van der Waals surface area (Å²) in [5.74, 6) is -0.964. The fraction of sp³-hybridized carbons (Fsp3) is 0.381. The number of rotatable bonds is 8. The monoisotopic (exact) mass is 402 g/mol. The van der Waals surface area contributed by atoms with Crippen LogP contribution in [-0.4, -0.2) is 30.9 Å². The summed E-state index contributed by atoms with van der Waals surface area (Å²) in [6.07, 6.45) is 0.847. The standard InChI is InChI=1S/C21H26N2O4S/c1-5-17-14(4)10-18(28-17)21(26)27-12-19(24)23-16-9-7-6-8-15(16)20(25)22-11-13(2)3/h6-10,13H,5,11-12H2,1-4H3,(H,22,25)(H,23,24). The molecule has 0 saturated carbocycles. The molecule has 0 spiro atoms. The molecule has 1 heterocycles. The molecule has 2 amide bonds. The van der Waals surface area contributed by atoms with Gasteiger partial charge >= 0.3 is 5.97 Å². The molecule has 2 rings (SSSR count). The zero-order valence-electron chi connectivity index (χ0n) is 16.6. The van der Waals surface area contributed by atoms with Gasteiger partial charge in [0.05, 0.1) is 11.3 Å². The molecule has 1 aromatic heterocycles. The first-order chi connectivity index (χ1) is 13.3. The van der Waals surface area contributed by atoms with E-state index >= 15 is 0 Å². The van der Waals surface area contributed by atoms with E-state index in [4.69, 9.17) is 4.74 Å². The topological polar surface area (TPSA) is 84.5 Å². The summed E-state index contributed by atoms with van der Waals surface area (Å²) in [4.78, 5) is 38.3. The minimum absolute atomic E-state index is 0.261. The Balaban J connectivity index is 1.95. The van der Waals surface area contributed by atoms with Crippen LogP contribution in [0.1, 0.15) is 51.2 Å². The lowest BCUT2D eigenvalue weighted by Gasteiger charge is -2.12. The summed E-state index contributed by atoms with van der Waals surface area (Å²) in [5, 5.41) is 5.46. The predicted molar refractivity (Wildman–Crippen MR) is 111 cm³/mol. The van der Waals surface area contributed by atoms with Crippen LogP contribution >= 0.6 is 11.3 Å². The van der Waals surface area contributed by atoms with Crippen LogP contribution in [0.15, 0.2) is 30.3 Å². The second-order valence-corrected chi connectivity index (χ2v) is 7.98. The van der Waals surface area contributed by atoms with Gasteiger partial charge in [-0.1, -0.05) is 32.9 Å². The average molecular weight is 403 g/mol. The molecule has 0 fully saturated rings. The molecule has 0 unspecified atom stereocenters. The predicted octanol–water partition coefficient (Wildman–Crippen LogP) is 3.80. The SMILES string of the molecule is CCc1sc(C(=O)OCC(=O)Nc2ccccc2C(=O)NCC(C)C)cc1C.